The number of nitrogens with zero attached hydrogens (tertiary/aromatic N) is 2. The molecule has 6 heteroatoms. The minimum absolute atomic E-state index is 0. The Kier molecular flexibility index (Phi) is 113. The minimum Gasteiger partial charge on any atom is -0.724 e. The van der Waals surface area contributed by atoms with Crippen molar-refractivity contribution in [1.82, 2.24) is 0 Å². The molecule has 0 heterocycles. The van der Waals surface area contributed by atoms with E-state index in [9.17, 15) is 0 Å². The summed E-state index contributed by atoms with van der Waals surface area (Å²) in [6, 6.07) is 0. The SMILES string of the molecule is [K+].[N-]=C=O.[N-]=C=O.[Na+]. The maximum Gasteiger partial charge on any atom is 1.00 e. The van der Waals surface area contributed by atoms with Crippen LogP contribution in [0.3, 0.4) is 0 Å². The number of isocyanates is 2. The van der Waals surface area contributed by atoms with Crippen LogP contribution in [-0.4, -0.2) is 12.2 Å². The van der Waals surface area contributed by atoms with Gasteiger partial charge in [0, 0.05) is 0 Å². The Morgan fingerprint density at radius 3 is 1.00 bits per heavy atom. The van der Waals surface area contributed by atoms with Crippen LogP contribution in [0.1, 0.15) is 0 Å². The van der Waals surface area contributed by atoms with Crippen molar-refractivity contribution in [3.8, 4) is 0 Å². The Morgan fingerprint density at radius 2 is 1.00 bits per heavy atom. The zero-order chi connectivity index (χ0) is 5.41. The van der Waals surface area contributed by atoms with E-state index in [4.69, 9.17) is 20.4 Å². The monoisotopic (exact) mass is 146 g/mol. The molecule has 8 heavy (non-hydrogen) atoms. The van der Waals surface area contributed by atoms with E-state index in [0.29, 0.717) is 12.2 Å². The Morgan fingerprint density at radius 1 is 1.00 bits per heavy atom. The third kappa shape index (κ3) is 155. The van der Waals surface area contributed by atoms with Crippen molar-refractivity contribution in [2.75, 3.05) is 0 Å². The topological polar surface area (TPSA) is 78.7 Å². The first-order valence-corrected chi connectivity index (χ1v) is 0.855. The Balaban J connectivity index is -0.0000000160. The van der Waals surface area contributed by atoms with Crippen LogP contribution in [0.2, 0.25) is 0 Å². The van der Waals surface area contributed by atoms with Gasteiger partial charge in [-0.3, -0.25) is 9.59 Å². The Bertz CT molecular complexity index is 72.0. The van der Waals surface area contributed by atoms with Gasteiger partial charge in [0.2, 0.25) is 0 Å². The van der Waals surface area contributed by atoms with Crippen molar-refractivity contribution in [3.63, 3.8) is 0 Å². The molecule has 0 aromatic rings. The van der Waals surface area contributed by atoms with Gasteiger partial charge >= 0.3 is 80.9 Å². The summed E-state index contributed by atoms with van der Waals surface area (Å²) in [6.45, 7) is 0. The molecule has 0 saturated carbocycles. The first-order chi connectivity index (χ1) is 2.83. The van der Waals surface area contributed by atoms with E-state index in [1.54, 1.807) is 0 Å². The van der Waals surface area contributed by atoms with E-state index in [1.807, 2.05) is 0 Å². The second-order valence-electron chi connectivity index (χ2n) is 0.183. The number of rotatable bonds is 0. The largest absolute Gasteiger partial charge is 1.00 e. The Labute approximate surface area is 111 Å². The molecule has 0 radical (unpaired) electrons. The van der Waals surface area contributed by atoms with Crippen LogP contribution in [0.25, 0.3) is 10.8 Å². The Hall–Kier alpha value is 1.40. The van der Waals surface area contributed by atoms with Crippen LogP contribution >= 0.6 is 0 Å². The van der Waals surface area contributed by atoms with Gasteiger partial charge < -0.3 is 10.8 Å². The zero-order valence-electron chi connectivity index (χ0n) is 4.71. The molecular formula is C2KN2NaO2. The molecule has 0 amide bonds. The van der Waals surface area contributed by atoms with Gasteiger partial charge in [0.1, 0.15) is 0 Å². The van der Waals surface area contributed by atoms with Crippen LogP contribution in [0, 0.1) is 0 Å². The molecular weight excluding hydrogens is 146 g/mol. The average molecular weight is 146 g/mol. The average Bonchev–Trinajstić information content (AvgIpc) is 1.39. The van der Waals surface area contributed by atoms with E-state index in [1.165, 1.54) is 0 Å². The summed E-state index contributed by atoms with van der Waals surface area (Å²) in [6.07, 6.45) is 1.00. The summed E-state index contributed by atoms with van der Waals surface area (Å²) in [5.74, 6) is 0. The fourth-order valence-electron chi connectivity index (χ4n) is 0. The summed E-state index contributed by atoms with van der Waals surface area (Å²) in [7, 11) is 0. The fraction of sp³-hybridized carbons (Fsp3) is 0. The van der Waals surface area contributed by atoms with E-state index in [0.717, 1.165) is 0 Å². The molecule has 0 spiro atoms. The molecule has 0 fully saturated rings. The predicted octanol–water partition coefficient (Wildman–Crippen LogP) is -6.21. The summed E-state index contributed by atoms with van der Waals surface area (Å²) in [5, 5.41) is 13.5. The molecule has 0 rings (SSSR count). The third-order valence-corrected chi connectivity index (χ3v) is 0. The van der Waals surface area contributed by atoms with E-state index >= 15 is 0 Å². The molecule has 0 saturated heterocycles. The van der Waals surface area contributed by atoms with Gasteiger partial charge in [-0.15, -0.1) is 0 Å². The van der Waals surface area contributed by atoms with Crippen LogP contribution in [-0.2, 0) is 9.59 Å². The fourth-order valence-corrected chi connectivity index (χ4v) is 0. The first kappa shape index (κ1) is 22.7. The van der Waals surface area contributed by atoms with E-state index < -0.39 is 0 Å². The van der Waals surface area contributed by atoms with Gasteiger partial charge in [0.15, 0.2) is 0 Å². The second-order valence-corrected chi connectivity index (χ2v) is 0.183. The van der Waals surface area contributed by atoms with Crippen molar-refractivity contribution in [2.45, 2.75) is 0 Å². The second kappa shape index (κ2) is 39.8. The number of hydrogen-bond donors (Lipinski definition) is 0. The molecule has 32 valence electrons. The molecule has 0 unspecified atom stereocenters. The number of carbonyl (C=O) groups excluding carboxylic acids is 2. The van der Waals surface area contributed by atoms with Gasteiger partial charge in [-0.05, 0) is 12.2 Å². The predicted molar refractivity (Wildman–Crippen MR) is 18.1 cm³/mol. The summed E-state index contributed by atoms with van der Waals surface area (Å²) >= 11 is 0. The molecule has 0 aliphatic carbocycles. The summed E-state index contributed by atoms with van der Waals surface area (Å²) < 4.78 is 0. The van der Waals surface area contributed by atoms with Crippen molar-refractivity contribution >= 4 is 12.2 Å². The van der Waals surface area contributed by atoms with E-state index in [-0.39, 0.29) is 80.9 Å². The molecule has 0 aromatic carbocycles. The van der Waals surface area contributed by atoms with Crippen LogP contribution in [0.15, 0.2) is 0 Å². The first-order valence-electron chi connectivity index (χ1n) is 0.855. The maximum absolute atomic E-state index is 8.24. The van der Waals surface area contributed by atoms with Gasteiger partial charge in [-0.2, -0.15) is 0 Å². The van der Waals surface area contributed by atoms with Gasteiger partial charge in [0.05, 0.1) is 0 Å². The molecule has 4 nitrogen and oxygen atoms in total. The van der Waals surface area contributed by atoms with Gasteiger partial charge in [0.25, 0.3) is 0 Å². The quantitative estimate of drug-likeness (QED) is 0.193. The normalized spacial score (nSPS) is 2.00. The number of hydrogen-bond acceptors (Lipinski definition) is 2. The molecule has 0 bridgehead atoms. The molecule has 0 aliphatic heterocycles. The molecule has 0 aliphatic rings. The smallest absolute Gasteiger partial charge is 0.724 e. The summed E-state index contributed by atoms with van der Waals surface area (Å²) in [4.78, 5) is 16.5. The van der Waals surface area contributed by atoms with E-state index in [2.05, 4.69) is 0 Å². The minimum atomic E-state index is 0. The van der Waals surface area contributed by atoms with Crippen molar-refractivity contribution in [3.05, 3.63) is 10.8 Å². The van der Waals surface area contributed by atoms with Crippen molar-refractivity contribution in [1.29, 1.82) is 0 Å². The summed E-state index contributed by atoms with van der Waals surface area (Å²) in [5.41, 5.74) is 0. The van der Waals surface area contributed by atoms with Gasteiger partial charge in [-0.25, -0.2) is 0 Å². The van der Waals surface area contributed by atoms with Crippen LogP contribution in [0.4, 0.5) is 0 Å². The standard InChI is InChI=1S/2CNO.K.Na/c2*2-1-3;;/q2*-1;2*+1. The third-order valence-electron chi connectivity index (χ3n) is 0. The van der Waals surface area contributed by atoms with Crippen LogP contribution < -0.4 is 80.9 Å². The molecule has 0 aromatic heterocycles. The van der Waals surface area contributed by atoms with Crippen molar-refractivity contribution in [2.24, 2.45) is 0 Å². The maximum atomic E-state index is 8.24. The van der Waals surface area contributed by atoms with Crippen LogP contribution in [0.5, 0.6) is 0 Å². The van der Waals surface area contributed by atoms with Gasteiger partial charge in [-0.1, -0.05) is 0 Å². The molecule has 0 N–H and O–H groups in total. The van der Waals surface area contributed by atoms with Crippen molar-refractivity contribution < 1.29 is 90.5 Å². The molecule has 0 atom stereocenters. The zero-order valence-corrected chi connectivity index (χ0v) is 9.83.